The van der Waals surface area contributed by atoms with Gasteiger partial charge in [0.25, 0.3) is 0 Å². The molecule has 2 atom stereocenters. The summed E-state index contributed by atoms with van der Waals surface area (Å²) in [4.78, 5) is 13.7. The van der Waals surface area contributed by atoms with Gasteiger partial charge in [-0.15, -0.1) is 0 Å². The number of benzene rings is 4. The van der Waals surface area contributed by atoms with E-state index < -0.39 is 11.2 Å². The second-order valence-electron chi connectivity index (χ2n) is 15.0. The Morgan fingerprint density at radius 2 is 0.705 bits per heavy atom. The van der Waals surface area contributed by atoms with Gasteiger partial charge in [-0.3, -0.25) is 0 Å². The molecular formula is C42H54O2. The molecule has 0 aliphatic rings. The van der Waals surface area contributed by atoms with Gasteiger partial charge in [-0.2, -0.15) is 0 Å². The summed E-state index contributed by atoms with van der Waals surface area (Å²) in [5.74, 6) is 0.927. The normalized spacial score (nSPS) is 15.3. The molecule has 2 nitrogen and oxygen atoms in total. The molecule has 0 aromatic heterocycles. The zero-order valence-corrected chi connectivity index (χ0v) is 28.8. The molecule has 0 N–H and O–H groups in total. The lowest BCUT2D eigenvalue weighted by atomic mass is 9.73. The molecule has 0 fully saturated rings. The van der Waals surface area contributed by atoms with Crippen LogP contribution in [0.2, 0.25) is 0 Å². The Balaban J connectivity index is 1.75. The maximum Gasteiger partial charge on any atom is 0.126 e. The van der Waals surface area contributed by atoms with Crippen LogP contribution in [-0.4, -0.2) is 0 Å². The third kappa shape index (κ3) is 7.89. The van der Waals surface area contributed by atoms with E-state index in [1.807, 2.05) is 0 Å². The van der Waals surface area contributed by atoms with Crippen molar-refractivity contribution in [2.75, 3.05) is 0 Å². The molecule has 0 aliphatic carbocycles. The Morgan fingerprint density at radius 3 is 0.977 bits per heavy atom. The molecule has 0 bridgehead atoms. The third-order valence-electron chi connectivity index (χ3n) is 9.45. The van der Waals surface area contributed by atoms with Crippen LogP contribution in [0.15, 0.2) is 109 Å². The molecule has 234 valence electrons. The predicted octanol–water partition coefficient (Wildman–Crippen LogP) is 11.7. The highest BCUT2D eigenvalue weighted by atomic mass is 17.2. The van der Waals surface area contributed by atoms with Crippen molar-refractivity contribution in [3.8, 4) is 0 Å². The van der Waals surface area contributed by atoms with Crippen molar-refractivity contribution in [3.05, 3.63) is 143 Å². The Morgan fingerprint density at radius 1 is 0.409 bits per heavy atom. The van der Waals surface area contributed by atoms with E-state index in [1.165, 1.54) is 22.3 Å². The first kappa shape index (κ1) is 33.7. The summed E-state index contributed by atoms with van der Waals surface area (Å²) < 4.78 is 0. The maximum absolute atomic E-state index is 6.85. The van der Waals surface area contributed by atoms with Crippen LogP contribution in [0.5, 0.6) is 0 Å². The predicted molar refractivity (Wildman–Crippen MR) is 186 cm³/mol. The summed E-state index contributed by atoms with van der Waals surface area (Å²) in [6.07, 6.45) is 1.49. The van der Waals surface area contributed by atoms with Gasteiger partial charge in [0.1, 0.15) is 11.2 Å². The molecule has 0 radical (unpaired) electrons. The van der Waals surface area contributed by atoms with Crippen LogP contribution in [0.4, 0.5) is 0 Å². The average molecular weight is 591 g/mol. The van der Waals surface area contributed by atoms with Crippen molar-refractivity contribution in [1.29, 1.82) is 0 Å². The molecule has 0 aliphatic heterocycles. The van der Waals surface area contributed by atoms with Crippen molar-refractivity contribution >= 4 is 0 Å². The summed E-state index contributed by atoms with van der Waals surface area (Å²) in [6.45, 7) is 22.5. The SMILES string of the molecule is CC(C)c1ccc(C(C)(CC(C)(C)c2ccccc2)OOC(C)(CC(C)(C)c2ccccc2)c2ccc(C(C)C)cc2)cc1. The molecule has 2 heteroatoms. The van der Waals surface area contributed by atoms with E-state index in [1.54, 1.807) is 0 Å². The van der Waals surface area contributed by atoms with E-state index in [2.05, 4.69) is 178 Å². The molecule has 0 amide bonds. The van der Waals surface area contributed by atoms with Crippen LogP contribution >= 0.6 is 0 Å². The van der Waals surface area contributed by atoms with E-state index >= 15 is 0 Å². The molecular weight excluding hydrogens is 536 g/mol. The molecule has 2 unspecified atom stereocenters. The van der Waals surface area contributed by atoms with Crippen molar-refractivity contribution in [2.45, 2.75) is 116 Å². The number of hydrogen-bond donors (Lipinski definition) is 0. The van der Waals surface area contributed by atoms with E-state index in [9.17, 15) is 0 Å². The Kier molecular flexibility index (Phi) is 10.3. The van der Waals surface area contributed by atoms with Crippen LogP contribution in [-0.2, 0) is 31.8 Å². The van der Waals surface area contributed by atoms with Gasteiger partial charge in [0.05, 0.1) is 0 Å². The first-order valence-corrected chi connectivity index (χ1v) is 16.3. The van der Waals surface area contributed by atoms with Gasteiger partial charge in [-0.1, -0.05) is 165 Å². The molecule has 0 saturated carbocycles. The molecule has 4 aromatic rings. The number of hydrogen-bond acceptors (Lipinski definition) is 2. The summed E-state index contributed by atoms with van der Waals surface area (Å²) >= 11 is 0. The lowest BCUT2D eigenvalue weighted by Gasteiger charge is -2.42. The highest BCUT2D eigenvalue weighted by molar-refractivity contribution is 5.33. The zero-order valence-electron chi connectivity index (χ0n) is 28.8. The van der Waals surface area contributed by atoms with Gasteiger partial charge in [0, 0.05) is 0 Å². The minimum atomic E-state index is -0.703. The van der Waals surface area contributed by atoms with Crippen molar-refractivity contribution < 1.29 is 9.78 Å². The Bertz CT molecular complexity index is 1340. The van der Waals surface area contributed by atoms with E-state index in [0.29, 0.717) is 11.8 Å². The van der Waals surface area contributed by atoms with Crippen LogP contribution in [0, 0.1) is 0 Å². The quantitative estimate of drug-likeness (QED) is 0.114. The summed E-state index contributed by atoms with van der Waals surface area (Å²) in [6, 6.07) is 39.3. The monoisotopic (exact) mass is 590 g/mol. The lowest BCUT2D eigenvalue weighted by molar-refractivity contribution is -0.423. The molecule has 0 spiro atoms. The highest BCUT2D eigenvalue weighted by Gasteiger charge is 2.42. The first-order chi connectivity index (χ1) is 20.7. The Labute approximate surface area is 267 Å². The van der Waals surface area contributed by atoms with Gasteiger partial charge in [0.15, 0.2) is 0 Å². The minimum absolute atomic E-state index is 0.158. The van der Waals surface area contributed by atoms with Crippen LogP contribution in [0.3, 0.4) is 0 Å². The fraction of sp³-hybridized carbons (Fsp3) is 0.429. The first-order valence-electron chi connectivity index (χ1n) is 16.3. The maximum atomic E-state index is 6.85. The van der Waals surface area contributed by atoms with Crippen molar-refractivity contribution in [3.63, 3.8) is 0 Å². The van der Waals surface area contributed by atoms with Crippen LogP contribution in [0.25, 0.3) is 0 Å². The van der Waals surface area contributed by atoms with Gasteiger partial charge in [-0.05, 0) is 82.7 Å². The minimum Gasteiger partial charge on any atom is -0.225 e. The fourth-order valence-corrected chi connectivity index (χ4v) is 6.65. The second kappa shape index (κ2) is 13.4. The van der Waals surface area contributed by atoms with E-state index in [4.69, 9.17) is 9.78 Å². The Hall–Kier alpha value is -3.20. The van der Waals surface area contributed by atoms with Gasteiger partial charge in [-0.25, -0.2) is 9.78 Å². The topological polar surface area (TPSA) is 18.5 Å². The van der Waals surface area contributed by atoms with E-state index in [-0.39, 0.29) is 10.8 Å². The average Bonchev–Trinajstić information content (AvgIpc) is 3.01. The highest BCUT2D eigenvalue weighted by Crippen LogP contribution is 2.45. The molecule has 0 saturated heterocycles. The van der Waals surface area contributed by atoms with E-state index in [0.717, 1.165) is 24.0 Å². The molecule has 4 rings (SSSR count). The van der Waals surface area contributed by atoms with Gasteiger partial charge in [0.2, 0.25) is 0 Å². The second-order valence-corrected chi connectivity index (χ2v) is 15.0. The molecule has 44 heavy (non-hydrogen) atoms. The summed E-state index contributed by atoms with van der Waals surface area (Å²) in [5.41, 5.74) is 5.71. The van der Waals surface area contributed by atoms with Crippen molar-refractivity contribution in [2.24, 2.45) is 0 Å². The largest absolute Gasteiger partial charge is 0.225 e. The van der Waals surface area contributed by atoms with Crippen LogP contribution < -0.4 is 0 Å². The smallest absolute Gasteiger partial charge is 0.126 e. The third-order valence-corrected chi connectivity index (χ3v) is 9.45. The van der Waals surface area contributed by atoms with Gasteiger partial charge < -0.3 is 0 Å². The molecule has 4 aromatic carbocycles. The van der Waals surface area contributed by atoms with Gasteiger partial charge >= 0.3 is 0 Å². The lowest BCUT2D eigenvalue weighted by Crippen LogP contribution is -2.40. The zero-order chi connectivity index (χ0) is 32.2. The standard InChI is InChI=1S/C42H54O2/c1-31(2)33-21-25-37(26-22-33)41(9,29-39(5,6)35-17-13-11-14-18-35)43-44-42(10,38-27-23-34(24-28-38)32(3)4)30-40(7,8)36-19-15-12-16-20-36/h11-28,31-32H,29-30H2,1-10H3. The number of rotatable bonds is 13. The summed E-state index contributed by atoms with van der Waals surface area (Å²) in [5, 5.41) is 0. The summed E-state index contributed by atoms with van der Waals surface area (Å²) in [7, 11) is 0. The fourth-order valence-electron chi connectivity index (χ4n) is 6.65. The van der Waals surface area contributed by atoms with Crippen molar-refractivity contribution in [1.82, 2.24) is 0 Å². The van der Waals surface area contributed by atoms with Crippen LogP contribution in [0.1, 0.15) is 127 Å². The molecule has 0 heterocycles.